The lowest BCUT2D eigenvalue weighted by Crippen LogP contribution is -2.26. The molecule has 2 aromatic heterocycles. The number of pyridine rings is 1. The number of rotatable bonds is 6. The van der Waals surface area contributed by atoms with Crippen molar-refractivity contribution in [3.05, 3.63) is 52.1 Å². The van der Waals surface area contributed by atoms with E-state index < -0.39 is 23.7 Å². The first kappa shape index (κ1) is 24.5. The highest BCUT2D eigenvalue weighted by Gasteiger charge is 2.32. The number of aryl methyl sites for hydroxylation is 1. The predicted molar refractivity (Wildman–Crippen MR) is 124 cm³/mol. The maximum absolute atomic E-state index is 13.5. The Balaban J connectivity index is 1.71. The normalized spacial score (nSPS) is 16.8. The monoisotopic (exact) mass is 490 g/mol. The van der Waals surface area contributed by atoms with Gasteiger partial charge in [0, 0.05) is 32.3 Å². The number of nitrogens with one attached hydrogen (secondary N) is 3. The zero-order valence-electron chi connectivity index (χ0n) is 19.4. The molecular formula is C23H25F3N6O3. The van der Waals surface area contributed by atoms with E-state index in [4.69, 9.17) is 4.74 Å². The molecule has 0 bridgehead atoms. The second-order valence-corrected chi connectivity index (χ2v) is 8.45. The summed E-state index contributed by atoms with van der Waals surface area (Å²) < 4.78 is 47.7. The fourth-order valence-corrected chi connectivity index (χ4v) is 3.98. The topological polar surface area (TPSA) is 110 Å². The summed E-state index contributed by atoms with van der Waals surface area (Å²) in [6, 6.07) is 4.29. The number of alkyl halides is 3. The van der Waals surface area contributed by atoms with Gasteiger partial charge in [0.25, 0.3) is 5.56 Å². The molecule has 1 unspecified atom stereocenters. The van der Waals surface area contributed by atoms with Crippen molar-refractivity contribution in [2.24, 2.45) is 7.05 Å². The Kier molecular flexibility index (Phi) is 6.66. The summed E-state index contributed by atoms with van der Waals surface area (Å²) in [5, 5.41) is 9.18. The summed E-state index contributed by atoms with van der Waals surface area (Å²) in [5.41, 5.74) is -0.567. The van der Waals surface area contributed by atoms with Crippen molar-refractivity contribution in [1.82, 2.24) is 19.9 Å². The summed E-state index contributed by atoms with van der Waals surface area (Å²) in [4.78, 5) is 32.7. The largest absolute Gasteiger partial charge is 0.483 e. The molecule has 0 spiro atoms. The molecule has 35 heavy (non-hydrogen) atoms. The van der Waals surface area contributed by atoms with Crippen LogP contribution in [0.1, 0.15) is 37.4 Å². The van der Waals surface area contributed by atoms with Gasteiger partial charge in [0.05, 0.1) is 17.0 Å². The minimum absolute atomic E-state index is 0.0341. The van der Waals surface area contributed by atoms with Gasteiger partial charge in [0.2, 0.25) is 5.91 Å². The molecule has 1 aliphatic rings. The van der Waals surface area contributed by atoms with E-state index in [-0.39, 0.29) is 28.7 Å². The number of ether oxygens (including phenoxy) is 1. The third-order valence-electron chi connectivity index (χ3n) is 5.74. The zero-order valence-corrected chi connectivity index (χ0v) is 19.4. The van der Waals surface area contributed by atoms with Gasteiger partial charge in [-0.3, -0.25) is 14.2 Å². The van der Waals surface area contributed by atoms with Crippen LogP contribution in [-0.4, -0.2) is 39.6 Å². The molecule has 1 saturated heterocycles. The molecule has 1 fully saturated rings. The number of anilines is 2. The molecule has 3 aromatic rings. The Labute approximate surface area is 198 Å². The lowest BCUT2D eigenvalue weighted by Gasteiger charge is -2.20. The molecule has 0 saturated carbocycles. The lowest BCUT2D eigenvalue weighted by molar-refractivity contribution is -0.137. The quantitative estimate of drug-likeness (QED) is 0.487. The van der Waals surface area contributed by atoms with E-state index in [1.54, 1.807) is 20.0 Å². The van der Waals surface area contributed by atoms with Gasteiger partial charge in [0.15, 0.2) is 5.75 Å². The number of nitrogens with zero attached hydrogens (tertiary/aromatic N) is 3. The summed E-state index contributed by atoms with van der Waals surface area (Å²) in [6.45, 7) is 4.31. The zero-order chi connectivity index (χ0) is 25.3. The Hall–Kier alpha value is -3.67. The van der Waals surface area contributed by atoms with Gasteiger partial charge in [-0.25, -0.2) is 9.97 Å². The van der Waals surface area contributed by atoms with E-state index >= 15 is 0 Å². The molecule has 12 heteroatoms. The Morgan fingerprint density at radius 3 is 2.69 bits per heavy atom. The molecule has 2 atom stereocenters. The van der Waals surface area contributed by atoms with Crippen LogP contribution in [0, 0.1) is 0 Å². The first-order valence-electron chi connectivity index (χ1n) is 11.0. The van der Waals surface area contributed by atoms with Crippen molar-refractivity contribution in [3.8, 4) is 5.75 Å². The van der Waals surface area contributed by atoms with Crippen LogP contribution in [-0.2, 0) is 18.0 Å². The summed E-state index contributed by atoms with van der Waals surface area (Å²) in [5.74, 6) is -0.0132. The van der Waals surface area contributed by atoms with E-state index in [0.717, 1.165) is 25.1 Å². The number of hydrogen-bond acceptors (Lipinski definition) is 7. The number of hydrogen-bond donors (Lipinski definition) is 3. The highest BCUT2D eigenvalue weighted by atomic mass is 19.4. The van der Waals surface area contributed by atoms with Gasteiger partial charge >= 0.3 is 6.18 Å². The molecule has 0 aliphatic carbocycles. The number of halogens is 3. The molecule has 0 radical (unpaired) electrons. The van der Waals surface area contributed by atoms with Crippen molar-refractivity contribution in [3.63, 3.8) is 0 Å². The van der Waals surface area contributed by atoms with E-state index in [9.17, 15) is 22.8 Å². The number of carbonyl (C=O) groups excluding carboxylic acids is 1. The van der Waals surface area contributed by atoms with Crippen LogP contribution in [0.15, 0.2) is 35.4 Å². The van der Waals surface area contributed by atoms with Gasteiger partial charge in [-0.15, -0.1) is 0 Å². The first-order valence-corrected chi connectivity index (χ1v) is 11.0. The maximum Gasteiger partial charge on any atom is 0.416 e. The van der Waals surface area contributed by atoms with Gasteiger partial charge in [-0.1, -0.05) is 0 Å². The van der Waals surface area contributed by atoms with Gasteiger partial charge in [0.1, 0.15) is 23.9 Å². The Morgan fingerprint density at radius 2 is 2.03 bits per heavy atom. The average molecular weight is 490 g/mol. The predicted octanol–water partition coefficient (Wildman–Crippen LogP) is 3.22. The van der Waals surface area contributed by atoms with Crippen LogP contribution in [0.5, 0.6) is 5.75 Å². The molecule has 1 amide bonds. The Morgan fingerprint density at radius 1 is 1.26 bits per heavy atom. The lowest BCUT2D eigenvalue weighted by atomic mass is 10.0. The third-order valence-corrected chi connectivity index (χ3v) is 5.74. The second-order valence-electron chi connectivity index (χ2n) is 8.45. The third kappa shape index (κ3) is 5.37. The molecule has 4 rings (SSSR count). The minimum Gasteiger partial charge on any atom is -0.483 e. The highest BCUT2D eigenvalue weighted by molar-refractivity contribution is 5.89. The minimum atomic E-state index is -4.59. The van der Waals surface area contributed by atoms with Crippen molar-refractivity contribution >= 4 is 28.4 Å². The molecule has 1 aromatic carbocycles. The van der Waals surface area contributed by atoms with Crippen LogP contribution in [0.4, 0.5) is 24.7 Å². The SMILES string of the molecule is CC(=O)Nc1cc(C(C)Nc2ncnc3c2cc(O[C@@H]2CCNC2)c(=O)n3C)cc(C(F)(F)F)c1. The van der Waals surface area contributed by atoms with E-state index in [1.807, 2.05) is 0 Å². The number of benzene rings is 1. The van der Waals surface area contributed by atoms with Gasteiger partial charge in [-0.05, 0) is 43.7 Å². The first-order chi connectivity index (χ1) is 16.5. The standard InChI is InChI=1S/C23H25F3N6O3/c1-12(14-6-15(23(24,25)26)8-16(7-14)31-13(2)33)30-20-18-9-19(35-17-4-5-27-10-17)22(34)32(3)21(18)29-11-28-20/h6-9,11-12,17,27H,4-5,10H2,1-3H3,(H,31,33)(H,28,29,30)/t12?,17-/m1/s1. The van der Waals surface area contributed by atoms with Crippen LogP contribution in [0.25, 0.3) is 11.0 Å². The van der Waals surface area contributed by atoms with Crippen LogP contribution in [0.2, 0.25) is 0 Å². The number of carbonyl (C=O) groups is 1. The molecule has 3 heterocycles. The fourth-order valence-electron chi connectivity index (χ4n) is 3.98. The molecule has 3 N–H and O–H groups in total. The van der Waals surface area contributed by atoms with E-state index in [1.165, 1.54) is 23.9 Å². The average Bonchev–Trinajstić information content (AvgIpc) is 3.29. The van der Waals surface area contributed by atoms with Crippen LogP contribution >= 0.6 is 0 Å². The van der Waals surface area contributed by atoms with Gasteiger partial charge in [-0.2, -0.15) is 13.2 Å². The molecule has 1 aliphatic heterocycles. The maximum atomic E-state index is 13.5. The smallest absolute Gasteiger partial charge is 0.416 e. The summed E-state index contributed by atoms with van der Waals surface area (Å²) in [6.07, 6.45) is -2.70. The molecule has 186 valence electrons. The van der Waals surface area contributed by atoms with E-state index in [0.29, 0.717) is 23.4 Å². The van der Waals surface area contributed by atoms with Crippen LogP contribution in [0.3, 0.4) is 0 Å². The molecular weight excluding hydrogens is 465 g/mol. The molecule has 9 nitrogen and oxygen atoms in total. The second kappa shape index (κ2) is 9.53. The van der Waals surface area contributed by atoms with Crippen molar-refractivity contribution < 1.29 is 22.7 Å². The number of amides is 1. The van der Waals surface area contributed by atoms with Crippen molar-refractivity contribution in [2.75, 3.05) is 23.7 Å². The van der Waals surface area contributed by atoms with E-state index in [2.05, 4.69) is 25.9 Å². The van der Waals surface area contributed by atoms with Crippen molar-refractivity contribution in [2.45, 2.75) is 38.6 Å². The number of fused-ring (bicyclic) bond motifs is 1. The van der Waals surface area contributed by atoms with Crippen LogP contribution < -0.4 is 26.2 Å². The summed E-state index contributed by atoms with van der Waals surface area (Å²) in [7, 11) is 1.57. The highest BCUT2D eigenvalue weighted by Crippen LogP contribution is 2.34. The fraction of sp³-hybridized carbons (Fsp3) is 0.391. The Bertz CT molecular complexity index is 1320. The number of aromatic nitrogens is 3. The van der Waals surface area contributed by atoms with Gasteiger partial charge < -0.3 is 20.7 Å². The van der Waals surface area contributed by atoms with Crippen molar-refractivity contribution in [1.29, 1.82) is 0 Å². The summed E-state index contributed by atoms with van der Waals surface area (Å²) >= 11 is 0.